The lowest BCUT2D eigenvalue weighted by Gasteiger charge is -2.30. The van der Waals surface area contributed by atoms with E-state index in [-0.39, 0.29) is 0 Å². The lowest BCUT2D eigenvalue weighted by atomic mass is 9.87. The molecule has 4 heteroatoms. The van der Waals surface area contributed by atoms with Crippen molar-refractivity contribution in [1.29, 1.82) is 0 Å². The van der Waals surface area contributed by atoms with Crippen molar-refractivity contribution < 1.29 is 0 Å². The molecule has 280 valence electrons. The average Bonchev–Trinajstić information content (AvgIpc) is 3.93. The number of benzene rings is 9. The maximum atomic E-state index is 5.95. The molecule has 1 aromatic heterocycles. The molecule has 0 amide bonds. The predicted molar refractivity (Wildman–Crippen MR) is 247 cm³/mol. The molecule has 0 atom stereocenters. The molecule has 15 rings (SSSR count). The Morgan fingerprint density at radius 3 is 1.45 bits per heavy atom. The van der Waals surface area contributed by atoms with E-state index in [2.05, 4.69) is 223 Å². The van der Waals surface area contributed by atoms with Crippen molar-refractivity contribution >= 4 is 33.0 Å². The van der Waals surface area contributed by atoms with Crippen LogP contribution in [0.1, 0.15) is 16.7 Å². The summed E-state index contributed by atoms with van der Waals surface area (Å²) in [5.74, 6) is -0.534. The predicted octanol–water partition coefficient (Wildman–Crippen LogP) is 13.5. The second-order valence-corrected chi connectivity index (χ2v) is 15.5. The highest BCUT2D eigenvalue weighted by Crippen LogP contribution is 2.49. The van der Waals surface area contributed by atoms with E-state index < -0.39 is 5.79 Å². The third-order valence-electron chi connectivity index (χ3n) is 12.1. The summed E-state index contributed by atoms with van der Waals surface area (Å²) in [6, 6.07) is 77.7. The number of hydrogen-bond acceptors (Lipinski definition) is 3. The van der Waals surface area contributed by atoms with Gasteiger partial charge < -0.3 is 0 Å². The van der Waals surface area contributed by atoms with Crippen molar-refractivity contribution in [3.05, 3.63) is 235 Å². The first-order valence-electron chi connectivity index (χ1n) is 20.5. The Hall–Kier alpha value is -7.95. The summed E-state index contributed by atoms with van der Waals surface area (Å²) in [5, 5.41) is 4.69. The highest BCUT2D eigenvalue weighted by atomic mass is 15.4. The molecule has 0 aliphatic carbocycles. The SMILES string of the molecule is c1ccc(C2=NC3(N=C2c2ccccc2)c2ccc(cc2)-c2cccc4cccc(c24)-c2ccc(c4ccccc24)-c2nc(-c4ccccc4)c(-c4ccccc4)n23)cc1. The van der Waals surface area contributed by atoms with Gasteiger partial charge in [0.05, 0.1) is 22.8 Å². The largest absolute Gasteiger partial charge is 0.275 e. The van der Waals surface area contributed by atoms with Crippen molar-refractivity contribution in [2.75, 3.05) is 0 Å². The van der Waals surface area contributed by atoms with E-state index in [0.717, 1.165) is 78.4 Å². The molecule has 10 aromatic rings. The lowest BCUT2D eigenvalue weighted by molar-refractivity contribution is 0.409. The van der Waals surface area contributed by atoms with Crippen LogP contribution >= 0.6 is 0 Å². The monoisotopic (exact) mass is 764 g/mol. The van der Waals surface area contributed by atoms with Gasteiger partial charge in [-0.1, -0.05) is 212 Å². The van der Waals surface area contributed by atoms with Crippen LogP contribution in [-0.4, -0.2) is 21.0 Å². The second kappa shape index (κ2) is 13.6. The minimum absolute atomic E-state index is 0.782. The fourth-order valence-electron chi connectivity index (χ4n) is 9.37. The summed E-state index contributed by atoms with van der Waals surface area (Å²) in [5.41, 5.74) is 14.1. The van der Waals surface area contributed by atoms with Gasteiger partial charge in [-0.25, -0.2) is 15.0 Å². The van der Waals surface area contributed by atoms with Crippen LogP contribution in [0.25, 0.3) is 77.7 Å². The van der Waals surface area contributed by atoms with Crippen LogP contribution in [0.15, 0.2) is 228 Å². The highest BCUT2D eigenvalue weighted by Gasteiger charge is 2.45. The van der Waals surface area contributed by atoms with Gasteiger partial charge in [0.25, 0.3) is 5.79 Å². The second-order valence-electron chi connectivity index (χ2n) is 15.5. The molecule has 5 aliphatic rings. The molecule has 0 fully saturated rings. The number of aromatic nitrogens is 2. The molecule has 0 saturated carbocycles. The molecule has 6 heterocycles. The minimum atomic E-state index is -1.32. The standard InChI is InChI=1S/C56H36N4/c1-5-17-39(18-6-1)51-52(40-19-7-2-8-20-40)59-56(58-51)43-33-31-37(32-34-43)44-29-15-25-38-26-16-30-48(50(38)44)47-35-36-49(46-28-14-13-27-45(46)47)55-57-53(41-21-9-3-10-22-41)54(60(55)56)42-23-11-4-12-24-42/h1-36H. The molecule has 9 aromatic carbocycles. The van der Waals surface area contributed by atoms with Crippen LogP contribution in [0.2, 0.25) is 0 Å². The molecule has 1 spiro atoms. The summed E-state index contributed by atoms with van der Waals surface area (Å²) in [6.45, 7) is 0. The van der Waals surface area contributed by atoms with Gasteiger partial charge in [-0.15, -0.1) is 0 Å². The molecule has 4 bridgehead atoms. The lowest BCUT2D eigenvalue weighted by Crippen LogP contribution is -2.31. The number of aliphatic imine (C=N–C) groups is 2. The van der Waals surface area contributed by atoms with Gasteiger partial charge in [0, 0.05) is 33.4 Å². The van der Waals surface area contributed by atoms with Crippen LogP contribution in [0, 0.1) is 0 Å². The zero-order valence-electron chi connectivity index (χ0n) is 32.6. The van der Waals surface area contributed by atoms with Gasteiger partial charge in [0.2, 0.25) is 0 Å². The topological polar surface area (TPSA) is 42.5 Å². The van der Waals surface area contributed by atoms with E-state index in [0.29, 0.717) is 0 Å². The Morgan fingerprint density at radius 1 is 0.350 bits per heavy atom. The molecule has 4 nitrogen and oxygen atoms in total. The summed E-state index contributed by atoms with van der Waals surface area (Å²) in [7, 11) is 0. The Kier molecular flexibility index (Phi) is 7.72. The van der Waals surface area contributed by atoms with E-state index in [9.17, 15) is 0 Å². The van der Waals surface area contributed by atoms with Crippen molar-refractivity contribution in [3.8, 4) is 56.2 Å². The Morgan fingerprint density at radius 2 is 0.850 bits per heavy atom. The molecule has 0 N–H and O–H groups in total. The molecule has 5 aliphatic heterocycles. The minimum Gasteiger partial charge on any atom is -0.275 e. The first kappa shape index (κ1) is 34.1. The summed E-state index contributed by atoms with van der Waals surface area (Å²) in [6.07, 6.45) is 0. The number of rotatable bonds is 4. The molecule has 60 heavy (non-hydrogen) atoms. The van der Waals surface area contributed by atoms with E-state index in [1.807, 2.05) is 0 Å². The smallest absolute Gasteiger partial charge is 0.261 e. The quantitative estimate of drug-likeness (QED) is 0.176. The normalized spacial score (nSPS) is 13.7. The van der Waals surface area contributed by atoms with Crippen molar-refractivity contribution in [2.45, 2.75) is 5.79 Å². The van der Waals surface area contributed by atoms with E-state index in [1.54, 1.807) is 0 Å². The van der Waals surface area contributed by atoms with Gasteiger partial charge in [-0.05, 0) is 49.9 Å². The van der Waals surface area contributed by atoms with E-state index in [4.69, 9.17) is 15.0 Å². The van der Waals surface area contributed by atoms with Crippen LogP contribution in [0.5, 0.6) is 0 Å². The van der Waals surface area contributed by atoms with Crippen molar-refractivity contribution in [2.24, 2.45) is 9.98 Å². The molecular formula is C56H36N4. The first-order valence-corrected chi connectivity index (χ1v) is 20.5. The maximum Gasteiger partial charge on any atom is 0.261 e. The molecule has 0 radical (unpaired) electrons. The zero-order valence-corrected chi connectivity index (χ0v) is 32.6. The Balaban J connectivity index is 1.31. The van der Waals surface area contributed by atoms with Gasteiger partial charge in [0.15, 0.2) is 0 Å². The molecule has 0 saturated heterocycles. The van der Waals surface area contributed by atoms with Crippen molar-refractivity contribution in [3.63, 3.8) is 0 Å². The van der Waals surface area contributed by atoms with Crippen LogP contribution in [0.4, 0.5) is 0 Å². The average molecular weight is 765 g/mol. The summed E-state index contributed by atoms with van der Waals surface area (Å²) < 4.78 is 2.33. The number of hydrogen-bond donors (Lipinski definition) is 0. The Bertz CT molecular complexity index is 3270. The fraction of sp³-hybridized carbons (Fsp3) is 0.0179. The highest BCUT2D eigenvalue weighted by molar-refractivity contribution is 6.54. The first-order chi connectivity index (χ1) is 29.7. The van der Waals surface area contributed by atoms with Crippen molar-refractivity contribution in [1.82, 2.24) is 9.55 Å². The summed E-state index contributed by atoms with van der Waals surface area (Å²) in [4.78, 5) is 17.7. The third-order valence-corrected chi connectivity index (χ3v) is 12.1. The fourth-order valence-corrected chi connectivity index (χ4v) is 9.37. The third kappa shape index (κ3) is 5.21. The van der Waals surface area contributed by atoms with E-state index in [1.165, 1.54) is 27.5 Å². The molecular weight excluding hydrogens is 729 g/mol. The summed E-state index contributed by atoms with van der Waals surface area (Å²) >= 11 is 0. The van der Waals surface area contributed by atoms with Gasteiger partial charge in [-0.3, -0.25) is 4.57 Å². The van der Waals surface area contributed by atoms with Gasteiger partial charge in [0.1, 0.15) is 5.82 Å². The van der Waals surface area contributed by atoms with Crippen LogP contribution < -0.4 is 0 Å². The van der Waals surface area contributed by atoms with Crippen LogP contribution in [-0.2, 0) is 5.79 Å². The van der Waals surface area contributed by atoms with E-state index >= 15 is 0 Å². The zero-order chi connectivity index (χ0) is 39.6. The van der Waals surface area contributed by atoms with Gasteiger partial charge >= 0.3 is 0 Å². The molecule has 0 unspecified atom stereocenters. The maximum absolute atomic E-state index is 5.95. The van der Waals surface area contributed by atoms with Crippen LogP contribution in [0.3, 0.4) is 0 Å². The van der Waals surface area contributed by atoms with Gasteiger partial charge in [-0.2, -0.15) is 0 Å². The Labute approximate surface area is 348 Å². The number of nitrogens with zero attached hydrogens (tertiary/aromatic N) is 4. The number of imidazole rings is 1.